The summed E-state index contributed by atoms with van der Waals surface area (Å²) in [6.07, 6.45) is 2.14. The van der Waals surface area contributed by atoms with E-state index in [1.807, 2.05) is 19.9 Å². The maximum atomic E-state index is 11.8. The quantitative estimate of drug-likeness (QED) is 0.844. The number of aromatic amines is 1. The number of nitrogens with one attached hydrogen (secondary N) is 1. The molecule has 0 bridgehead atoms. The van der Waals surface area contributed by atoms with Gasteiger partial charge in [0.1, 0.15) is 5.69 Å². The first-order valence-corrected chi connectivity index (χ1v) is 5.78. The summed E-state index contributed by atoms with van der Waals surface area (Å²) in [7, 11) is 0. The Morgan fingerprint density at radius 1 is 1.39 bits per heavy atom. The average molecular weight is 245 g/mol. The molecule has 0 unspecified atom stereocenters. The molecule has 0 spiro atoms. The minimum absolute atomic E-state index is 0.224. The van der Waals surface area contributed by atoms with E-state index >= 15 is 0 Å². The minimum Gasteiger partial charge on any atom is -0.493 e. The normalized spacial score (nSPS) is 10.6. The molecule has 5 nitrogen and oxygen atoms in total. The molecular weight excluding hydrogens is 230 g/mol. The molecule has 18 heavy (non-hydrogen) atoms. The highest BCUT2D eigenvalue weighted by molar-refractivity contribution is 5.55. The lowest BCUT2D eigenvalue weighted by molar-refractivity contribution is 0.444. The Labute approximate surface area is 105 Å². The molecule has 0 aliphatic rings. The number of rotatable bonds is 2. The predicted octanol–water partition coefficient (Wildman–Crippen LogP) is 1.72. The molecule has 0 aliphatic carbocycles. The Kier molecular flexibility index (Phi) is 3.14. The van der Waals surface area contributed by atoms with Crippen molar-refractivity contribution in [2.45, 2.75) is 27.2 Å². The van der Waals surface area contributed by atoms with E-state index in [-0.39, 0.29) is 11.4 Å². The van der Waals surface area contributed by atoms with Crippen LogP contribution in [0.1, 0.15) is 23.6 Å². The highest BCUT2D eigenvalue weighted by Gasteiger charge is 2.12. The van der Waals surface area contributed by atoms with Gasteiger partial charge < -0.3 is 10.1 Å². The number of H-pyrrole nitrogens is 1. The van der Waals surface area contributed by atoms with E-state index < -0.39 is 0 Å². The molecule has 0 radical (unpaired) electrons. The second-order valence-corrected chi connectivity index (χ2v) is 4.25. The van der Waals surface area contributed by atoms with E-state index in [0.717, 1.165) is 11.1 Å². The van der Waals surface area contributed by atoms with Gasteiger partial charge in [-0.2, -0.15) is 4.98 Å². The molecule has 2 N–H and O–H groups in total. The fourth-order valence-electron chi connectivity index (χ4n) is 1.88. The zero-order valence-electron chi connectivity index (χ0n) is 10.6. The SMILES string of the molecule is CCc1c(O)nc(-c2ncc(C)cc2C)[nH]c1=O. The van der Waals surface area contributed by atoms with E-state index in [1.54, 1.807) is 13.1 Å². The summed E-state index contributed by atoms with van der Waals surface area (Å²) >= 11 is 0. The van der Waals surface area contributed by atoms with Gasteiger partial charge in [-0.25, -0.2) is 0 Å². The van der Waals surface area contributed by atoms with Crippen LogP contribution in [0.4, 0.5) is 0 Å². The van der Waals surface area contributed by atoms with Crippen LogP contribution in [0.5, 0.6) is 5.88 Å². The van der Waals surface area contributed by atoms with Gasteiger partial charge in [0.15, 0.2) is 5.82 Å². The van der Waals surface area contributed by atoms with Crippen molar-refractivity contribution in [2.24, 2.45) is 0 Å². The zero-order chi connectivity index (χ0) is 13.3. The molecule has 0 aromatic carbocycles. The molecule has 2 rings (SSSR count). The lowest BCUT2D eigenvalue weighted by atomic mass is 10.1. The maximum Gasteiger partial charge on any atom is 0.258 e. The smallest absolute Gasteiger partial charge is 0.258 e. The van der Waals surface area contributed by atoms with E-state index in [9.17, 15) is 9.90 Å². The monoisotopic (exact) mass is 245 g/mol. The van der Waals surface area contributed by atoms with E-state index in [1.165, 1.54) is 0 Å². The fourth-order valence-corrected chi connectivity index (χ4v) is 1.88. The molecule has 0 fully saturated rings. The number of aromatic hydroxyl groups is 1. The molecule has 0 saturated carbocycles. The molecule has 0 atom stereocenters. The van der Waals surface area contributed by atoms with E-state index in [4.69, 9.17) is 0 Å². The van der Waals surface area contributed by atoms with Gasteiger partial charge in [0, 0.05) is 6.20 Å². The van der Waals surface area contributed by atoms with Gasteiger partial charge in [0.2, 0.25) is 5.88 Å². The van der Waals surface area contributed by atoms with Crippen LogP contribution in [-0.2, 0) is 6.42 Å². The second-order valence-electron chi connectivity index (χ2n) is 4.25. The van der Waals surface area contributed by atoms with Gasteiger partial charge in [0.05, 0.1) is 5.56 Å². The molecular formula is C13H15N3O2. The van der Waals surface area contributed by atoms with Crippen molar-refractivity contribution in [1.82, 2.24) is 15.0 Å². The number of nitrogens with zero attached hydrogens (tertiary/aromatic N) is 2. The van der Waals surface area contributed by atoms with Gasteiger partial charge in [-0.3, -0.25) is 9.78 Å². The van der Waals surface area contributed by atoms with Crippen molar-refractivity contribution in [3.05, 3.63) is 39.3 Å². The molecule has 94 valence electrons. The summed E-state index contributed by atoms with van der Waals surface area (Å²) in [5.74, 6) is 0.0743. The Bertz CT molecular complexity index is 647. The highest BCUT2D eigenvalue weighted by atomic mass is 16.3. The number of aromatic nitrogens is 3. The lowest BCUT2D eigenvalue weighted by Gasteiger charge is -2.07. The Hall–Kier alpha value is -2.17. The fraction of sp³-hybridized carbons (Fsp3) is 0.308. The third-order valence-electron chi connectivity index (χ3n) is 2.79. The highest BCUT2D eigenvalue weighted by Crippen LogP contribution is 2.19. The summed E-state index contributed by atoms with van der Waals surface area (Å²) in [6.45, 7) is 5.62. The van der Waals surface area contributed by atoms with Gasteiger partial charge >= 0.3 is 0 Å². The molecule has 2 aromatic heterocycles. The summed E-state index contributed by atoms with van der Waals surface area (Å²) in [5.41, 5.74) is 2.50. The third-order valence-corrected chi connectivity index (χ3v) is 2.79. The second kappa shape index (κ2) is 4.60. The Balaban J connectivity index is 2.62. The van der Waals surface area contributed by atoms with Crippen LogP contribution >= 0.6 is 0 Å². The number of pyridine rings is 1. The summed E-state index contributed by atoms with van der Waals surface area (Å²) in [4.78, 5) is 22.7. The first-order valence-electron chi connectivity index (χ1n) is 5.78. The van der Waals surface area contributed by atoms with E-state index in [0.29, 0.717) is 23.5 Å². The largest absolute Gasteiger partial charge is 0.493 e. The van der Waals surface area contributed by atoms with Crippen LogP contribution in [0, 0.1) is 13.8 Å². The van der Waals surface area contributed by atoms with E-state index in [2.05, 4.69) is 15.0 Å². The summed E-state index contributed by atoms with van der Waals surface area (Å²) < 4.78 is 0. The van der Waals surface area contributed by atoms with Crippen LogP contribution in [0.25, 0.3) is 11.5 Å². The maximum absolute atomic E-state index is 11.8. The van der Waals surface area contributed by atoms with Gasteiger partial charge in [0.25, 0.3) is 5.56 Å². The summed E-state index contributed by atoms with van der Waals surface area (Å²) in [5, 5.41) is 9.72. The van der Waals surface area contributed by atoms with Crippen LogP contribution < -0.4 is 5.56 Å². The predicted molar refractivity (Wildman–Crippen MR) is 68.6 cm³/mol. The van der Waals surface area contributed by atoms with Crippen molar-refractivity contribution >= 4 is 0 Å². The molecule has 0 saturated heterocycles. The van der Waals surface area contributed by atoms with Crippen molar-refractivity contribution in [2.75, 3.05) is 0 Å². The molecule has 0 aliphatic heterocycles. The Morgan fingerprint density at radius 3 is 2.67 bits per heavy atom. The van der Waals surface area contributed by atoms with Crippen molar-refractivity contribution in [3.63, 3.8) is 0 Å². The number of hydrogen-bond acceptors (Lipinski definition) is 4. The molecule has 5 heteroatoms. The molecule has 2 heterocycles. The molecule has 0 amide bonds. The van der Waals surface area contributed by atoms with Crippen molar-refractivity contribution in [1.29, 1.82) is 0 Å². The van der Waals surface area contributed by atoms with Crippen LogP contribution in [0.3, 0.4) is 0 Å². The van der Waals surface area contributed by atoms with Crippen LogP contribution in [0.15, 0.2) is 17.1 Å². The topological polar surface area (TPSA) is 78.9 Å². The third kappa shape index (κ3) is 2.11. The van der Waals surface area contributed by atoms with Crippen molar-refractivity contribution in [3.8, 4) is 17.4 Å². The average Bonchev–Trinajstić information content (AvgIpc) is 2.28. The van der Waals surface area contributed by atoms with Gasteiger partial charge in [-0.1, -0.05) is 13.0 Å². The summed E-state index contributed by atoms with van der Waals surface area (Å²) in [6, 6.07) is 1.95. The standard InChI is InChI=1S/C13H15N3O2/c1-4-9-12(17)15-11(16-13(9)18)10-8(3)5-7(2)6-14-10/h5-6H,4H2,1-3H3,(H2,15,16,17,18). The first-order chi connectivity index (χ1) is 8.52. The van der Waals surface area contributed by atoms with Crippen LogP contribution in [-0.4, -0.2) is 20.1 Å². The number of aryl methyl sites for hydroxylation is 2. The van der Waals surface area contributed by atoms with Crippen molar-refractivity contribution < 1.29 is 5.11 Å². The minimum atomic E-state index is -0.318. The lowest BCUT2D eigenvalue weighted by Crippen LogP contribution is -2.15. The van der Waals surface area contributed by atoms with Gasteiger partial charge in [-0.05, 0) is 31.4 Å². The first kappa shape index (κ1) is 12.3. The molecule has 2 aromatic rings. The Morgan fingerprint density at radius 2 is 2.11 bits per heavy atom. The van der Waals surface area contributed by atoms with Gasteiger partial charge in [-0.15, -0.1) is 0 Å². The van der Waals surface area contributed by atoms with Crippen LogP contribution in [0.2, 0.25) is 0 Å². The number of hydrogen-bond donors (Lipinski definition) is 2. The zero-order valence-corrected chi connectivity index (χ0v) is 10.6.